The lowest BCUT2D eigenvalue weighted by atomic mass is 9.99. The molecule has 0 fully saturated rings. The molecule has 2 unspecified atom stereocenters. The highest BCUT2D eigenvalue weighted by Crippen LogP contribution is 2.20. The van der Waals surface area contributed by atoms with Crippen LogP contribution in [0.2, 0.25) is 0 Å². The first-order valence-electron chi connectivity index (χ1n) is 9.22. The maximum atomic E-state index is 13.4. The normalized spacial score (nSPS) is 13.0. The second-order valence-electron chi connectivity index (χ2n) is 6.83. The van der Waals surface area contributed by atoms with Crippen molar-refractivity contribution in [1.29, 1.82) is 0 Å². The molecule has 0 spiro atoms. The number of rotatable bonds is 9. The molecule has 2 atom stereocenters. The van der Waals surface area contributed by atoms with Crippen LogP contribution in [0.15, 0.2) is 48.5 Å². The number of benzene rings is 2. The van der Waals surface area contributed by atoms with Crippen LogP contribution in [0.25, 0.3) is 0 Å². The van der Waals surface area contributed by atoms with Crippen molar-refractivity contribution in [2.24, 2.45) is 5.73 Å². The fraction of sp³-hybridized carbons (Fsp3) is 0.286. The number of anilines is 1. The van der Waals surface area contributed by atoms with Crippen molar-refractivity contribution in [2.75, 3.05) is 12.4 Å². The number of Topliss-reactive ketones (excluding diaryl/α,β-unsaturated/α-hetero) is 1. The van der Waals surface area contributed by atoms with Gasteiger partial charge in [0.25, 0.3) is 0 Å². The van der Waals surface area contributed by atoms with Crippen molar-refractivity contribution in [3.8, 4) is 5.75 Å². The molecule has 29 heavy (non-hydrogen) atoms. The Balaban J connectivity index is 1.73. The number of nitrogens with zero attached hydrogens (tertiary/aromatic N) is 2. The summed E-state index contributed by atoms with van der Waals surface area (Å²) in [6.45, 7) is 1.85. The third-order valence-electron chi connectivity index (χ3n) is 4.32. The van der Waals surface area contributed by atoms with Crippen LogP contribution in [-0.4, -0.2) is 34.3 Å². The van der Waals surface area contributed by atoms with Crippen molar-refractivity contribution in [3.05, 3.63) is 71.3 Å². The molecule has 0 aliphatic carbocycles. The first-order valence-corrected chi connectivity index (χ1v) is 9.99. The molecular formula is C21H23FN4O2S. The first kappa shape index (κ1) is 20.9. The van der Waals surface area contributed by atoms with Crippen molar-refractivity contribution in [1.82, 2.24) is 9.36 Å². The average Bonchev–Trinajstić information content (AvgIpc) is 3.13. The van der Waals surface area contributed by atoms with Gasteiger partial charge in [-0.2, -0.15) is 4.37 Å². The first-order chi connectivity index (χ1) is 13.9. The Kier molecular flexibility index (Phi) is 6.90. The summed E-state index contributed by atoms with van der Waals surface area (Å²) in [5.41, 5.74) is 7.30. The number of hydrogen-bond acceptors (Lipinski definition) is 7. The molecule has 0 saturated heterocycles. The van der Waals surface area contributed by atoms with Gasteiger partial charge in [-0.15, -0.1) is 0 Å². The van der Waals surface area contributed by atoms with Crippen molar-refractivity contribution in [2.45, 2.75) is 31.8 Å². The summed E-state index contributed by atoms with van der Waals surface area (Å²) in [6.07, 6.45) is 0.865. The summed E-state index contributed by atoms with van der Waals surface area (Å²) in [5.74, 6) is 0.883. The third kappa shape index (κ3) is 5.82. The van der Waals surface area contributed by atoms with E-state index >= 15 is 0 Å². The minimum Gasteiger partial charge on any atom is -0.497 e. The number of nitrogens with two attached hydrogens (primary N) is 1. The number of ether oxygens (including phenoxy) is 1. The standard InChI is InChI=1S/C21H23FN4O2S/c1-13(23)10-18(20(27)15-6-8-17(28-2)9-7-15)24-21-25-19(26-29-21)12-14-4-3-5-16(22)11-14/h3-9,11,13,18H,10,12,23H2,1-2H3,(H,24,25,26). The van der Waals surface area contributed by atoms with E-state index in [1.54, 1.807) is 37.4 Å². The summed E-state index contributed by atoms with van der Waals surface area (Å²) in [6, 6.07) is 12.6. The molecule has 0 aliphatic rings. The van der Waals surface area contributed by atoms with Crippen molar-refractivity contribution < 1.29 is 13.9 Å². The predicted octanol–water partition coefficient (Wildman–Crippen LogP) is 3.68. The van der Waals surface area contributed by atoms with Gasteiger partial charge in [0.05, 0.1) is 13.2 Å². The molecular weight excluding hydrogens is 391 g/mol. The van der Waals surface area contributed by atoms with Gasteiger partial charge in [0.15, 0.2) is 5.78 Å². The Labute approximate surface area is 173 Å². The zero-order valence-corrected chi connectivity index (χ0v) is 17.1. The van der Waals surface area contributed by atoms with E-state index in [9.17, 15) is 9.18 Å². The smallest absolute Gasteiger partial charge is 0.203 e. The lowest BCUT2D eigenvalue weighted by Gasteiger charge is -2.19. The molecule has 152 valence electrons. The van der Waals surface area contributed by atoms with Gasteiger partial charge in [0.1, 0.15) is 17.4 Å². The van der Waals surface area contributed by atoms with Crippen LogP contribution in [0, 0.1) is 5.82 Å². The highest BCUT2D eigenvalue weighted by molar-refractivity contribution is 7.09. The fourth-order valence-electron chi connectivity index (χ4n) is 2.92. The predicted molar refractivity (Wildman–Crippen MR) is 112 cm³/mol. The molecule has 1 aromatic heterocycles. The molecule has 3 rings (SSSR count). The zero-order valence-electron chi connectivity index (χ0n) is 16.3. The van der Waals surface area contributed by atoms with E-state index in [0.29, 0.717) is 35.1 Å². The van der Waals surface area contributed by atoms with Crippen LogP contribution < -0.4 is 15.8 Å². The highest BCUT2D eigenvalue weighted by atomic mass is 32.1. The van der Waals surface area contributed by atoms with Crippen LogP contribution in [0.5, 0.6) is 5.75 Å². The van der Waals surface area contributed by atoms with E-state index in [1.807, 2.05) is 13.0 Å². The molecule has 0 bridgehead atoms. The Hall–Kier alpha value is -2.84. The Morgan fingerprint density at radius 1 is 1.28 bits per heavy atom. The second kappa shape index (κ2) is 9.58. The van der Waals surface area contributed by atoms with Gasteiger partial charge in [-0.25, -0.2) is 9.37 Å². The number of carbonyl (C=O) groups is 1. The number of hydrogen-bond donors (Lipinski definition) is 2. The molecule has 3 N–H and O–H groups in total. The van der Waals surface area contributed by atoms with Gasteiger partial charge in [0, 0.05) is 29.6 Å². The summed E-state index contributed by atoms with van der Waals surface area (Å²) >= 11 is 1.17. The number of carbonyl (C=O) groups excluding carboxylic acids is 1. The van der Waals surface area contributed by atoms with Crippen LogP contribution in [0.4, 0.5) is 9.52 Å². The van der Waals surface area contributed by atoms with Crippen molar-refractivity contribution >= 4 is 22.4 Å². The molecule has 3 aromatic rings. The van der Waals surface area contributed by atoms with Gasteiger partial charge in [-0.05, 0) is 55.3 Å². The van der Waals surface area contributed by atoms with Crippen LogP contribution in [-0.2, 0) is 6.42 Å². The second-order valence-corrected chi connectivity index (χ2v) is 7.58. The molecule has 6 nitrogen and oxygen atoms in total. The Morgan fingerprint density at radius 2 is 2.03 bits per heavy atom. The quantitative estimate of drug-likeness (QED) is 0.519. The van der Waals surface area contributed by atoms with Gasteiger partial charge < -0.3 is 15.8 Å². The Morgan fingerprint density at radius 3 is 2.69 bits per heavy atom. The molecule has 0 amide bonds. The number of nitrogens with one attached hydrogen (secondary N) is 1. The monoisotopic (exact) mass is 414 g/mol. The highest BCUT2D eigenvalue weighted by Gasteiger charge is 2.23. The van der Waals surface area contributed by atoms with E-state index in [-0.39, 0.29) is 17.6 Å². The topological polar surface area (TPSA) is 90.1 Å². The lowest BCUT2D eigenvalue weighted by molar-refractivity contribution is 0.0963. The zero-order chi connectivity index (χ0) is 20.8. The van der Waals surface area contributed by atoms with Crippen LogP contribution in [0.1, 0.15) is 35.1 Å². The minimum absolute atomic E-state index is 0.0770. The molecule has 0 aliphatic heterocycles. The SMILES string of the molecule is COc1ccc(C(=O)C(CC(C)N)Nc2nc(Cc3cccc(F)c3)ns2)cc1. The largest absolute Gasteiger partial charge is 0.497 e. The average molecular weight is 415 g/mol. The molecule has 0 saturated carbocycles. The van der Waals surface area contributed by atoms with Gasteiger partial charge in [-0.3, -0.25) is 4.79 Å². The fourth-order valence-corrected chi connectivity index (χ4v) is 3.56. The summed E-state index contributed by atoms with van der Waals surface area (Å²) in [7, 11) is 1.58. The van der Waals surface area contributed by atoms with E-state index in [2.05, 4.69) is 14.7 Å². The molecule has 1 heterocycles. The number of methoxy groups -OCH3 is 1. The van der Waals surface area contributed by atoms with E-state index in [1.165, 1.54) is 23.7 Å². The maximum absolute atomic E-state index is 13.4. The molecule has 0 radical (unpaired) electrons. The Bertz CT molecular complexity index is 959. The number of ketones is 1. The lowest BCUT2D eigenvalue weighted by Crippen LogP contribution is -2.35. The van der Waals surface area contributed by atoms with Gasteiger partial charge >= 0.3 is 0 Å². The number of aromatic nitrogens is 2. The van der Waals surface area contributed by atoms with E-state index in [0.717, 1.165) is 5.56 Å². The van der Waals surface area contributed by atoms with Crippen molar-refractivity contribution in [3.63, 3.8) is 0 Å². The summed E-state index contributed by atoms with van der Waals surface area (Å²) in [4.78, 5) is 17.4. The van der Waals surface area contributed by atoms with Gasteiger partial charge in [0.2, 0.25) is 5.13 Å². The molecule has 2 aromatic carbocycles. The maximum Gasteiger partial charge on any atom is 0.203 e. The third-order valence-corrected chi connectivity index (χ3v) is 5.00. The van der Waals surface area contributed by atoms with Gasteiger partial charge in [-0.1, -0.05) is 12.1 Å². The molecule has 8 heteroatoms. The van der Waals surface area contributed by atoms with Crippen LogP contribution >= 0.6 is 11.5 Å². The van der Waals surface area contributed by atoms with E-state index < -0.39 is 6.04 Å². The van der Waals surface area contributed by atoms with Crippen LogP contribution in [0.3, 0.4) is 0 Å². The number of halogens is 1. The summed E-state index contributed by atoms with van der Waals surface area (Å²) in [5, 5.41) is 3.70. The minimum atomic E-state index is -0.529. The summed E-state index contributed by atoms with van der Waals surface area (Å²) < 4.78 is 22.8. The van der Waals surface area contributed by atoms with E-state index in [4.69, 9.17) is 10.5 Å².